The number of nitriles is 1. The average Bonchev–Trinajstić information content (AvgIpc) is 3.17. The van der Waals surface area contributed by atoms with Gasteiger partial charge in [0.15, 0.2) is 0 Å². The normalized spacial score (nSPS) is 16.5. The molecule has 1 atom stereocenters. The molecule has 6 heteroatoms. The molecule has 27 heavy (non-hydrogen) atoms. The first kappa shape index (κ1) is 19.9. The SMILES string of the molecule is COC(=O)CSc1nc2c(c(-c3cccs3)c1C#N)CCC(C(C)(C)C)C2. The van der Waals surface area contributed by atoms with E-state index in [4.69, 9.17) is 9.72 Å². The summed E-state index contributed by atoms with van der Waals surface area (Å²) in [6, 6.07) is 6.43. The van der Waals surface area contributed by atoms with Crippen molar-refractivity contribution in [2.24, 2.45) is 11.3 Å². The van der Waals surface area contributed by atoms with E-state index in [0.29, 0.717) is 16.5 Å². The van der Waals surface area contributed by atoms with Gasteiger partial charge in [-0.1, -0.05) is 38.6 Å². The molecule has 0 spiro atoms. The van der Waals surface area contributed by atoms with Crippen molar-refractivity contribution in [1.82, 2.24) is 4.98 Å². The number of aromatic nitrogens is 1. The molecule has 2 aromatic heterocycles. The third-order valence-electron chi connectivity index (χ3n) is 5.19. The average molecular weight is 401 g/mol. The zero-order valence-electron chi connectivity index (χ0n) is 16.2. The minimum atomic E-state index is -0.311. The highest BCUT2D eigenvalue weighted by atomic mass is 32.2. The Balaban J connectivity index is 2.11. The van der Waals surface area contributed by atoms with Crippen molar-refractivity contribution in [3.05, 3.63) is 34.3 Å². The van der Waals surface area contributed by atoms with Gasteiger partial charge in [-0.3, -0.25) is 4.79 Å². The number of hydrogen-bond donors (Lipinski definition) is 0. The van der Waals surface area contributed by atoms with Gasteiger partial charge in [0.2, 0.25) is 0 Å². The topological polar surface area (TPSA) is 63.0 Å². The molecular formula is C21H24N2O2S2. The molecule has 4 nitrogen and oxygen atoms in total. The van der Waals surface area contributed by atoms with Crippen LogP contribution in [0.25, 0.3) is 10.4 Å². The maximum absolute atomic E-state index is 11.6. The van der Waals surface area contributed by atoms with Crippen molar-refractivity contribution >= 4 is 29.1 Å². The number of fused-ring (bicyclic) bond motifs is 1. The number of nitrogens with zero attached hydrogens (tertiary/aromatic N) is 2. The predicted molar refractivity (Wildman–Crippen MR) is 110 cm³/mol. The second-order valence-electron chi connectivity index (χ2n) is 7.85. The molecule has 1 aliphatic carbocycles. The van der Waals surface area contributed by atoms with Gasteiger partial charge in [-0.2, -0.15) is 5.26 Å². The molecule has 0 aromatic carbocycles. The van der Waals surface area contributed by atoms with Crippen molar-refractivity contribution < 1.29 is 9.53 Å². The monoisotopic (exact) mass is 400 g/mol. The Morgan fingerprint density at radius 1 is 1.48 bits per heavy atom. The Morgan fingerprint density at radius 2 is 2.26 bits per heavy atom. The van der Waals surface area contributed by atoms with Gasteiger partial charge in [-0.05, 0) is 47.6 Å². The molecule has 0 bridgehead atoms. The maximum Gasteiger partial charge on any atom is 0.316 e. The molecule has 3 rings (SSSR count). The van der Waals surface area contributed by atoms with Crippen LogP contribution in [0.15, 0.2) is 22.5 Å². The molecule has 1 aliphatic rings. The molecule has 0 aliphatic heterocycles. The summed E-state index contributed by atoms with van der Waals surface area (Å²) in [6.45, 7) is 6.83. The van der Waals surface area contributed by atoms with Gasteiger partial charge in [0, 0.05) is 16.1 Å². The number of pyridine rings is 1. The molecule has 142 valence electrons. The van der Waals surface area contributed by atoms with Crippen LogP contribution in [-0.4, -0.2) is 23.8 Å². The van der Waals surface area contributed by atoms with Gasteiger partial charge in [-0.15, -0.1) is 11.3 Å². The van der Waals surface area contributed by atoms with E-state index in [1.54, 1.807) is 11.3 Å². The number of thiophene rings is 1. The summed E-state index contributed by atoms with van der Waals surface area (Å²) >= 11 is 2.94. The van der Waals surface area contributed by atoms with Crippen molar-refractivity contribution in [1.29, 1.82) is 5.26 Å². The number of ether oxygens (including phenoxy) is 1. The Morgan fingerprint density at radius 3 is 2.85 bits per heavy atom. The Labute approximate surface area is 169 Å². The van der Waals surface area contributed by atoms with Crippen LogP contribution in [0.3, 0.4) is 0 Å². The molecule has 2 aromatic rings. The molecule has 0 saturated heterocycles. The van der Waals surface area contributed by atoms with Crippen molar-refractivity contribution in [2.45, 2.75) is 45.1 Å². The highest BCUT2D eigenvalue weighted by Crippen LogP contribution is 2.43. The number of carbonyl (C=O) groups is 1. The number of rotatable bonds is 4. The summed E-state index contributed by atoms with van der Waals surface area (Å²) in [5.74, 6) is 0.400. The standard InChI is InChI=1S/C21H24N2O2S2/c1-21(2,3)13-7-8-14-16(10-13)23-20(27-12-18(24)25-4)15(11-22)19(14)17-6-5-9-26-17/h5-6,9,13H,7-8,10,12H2,1-4H3. The van der Waals surface area contributed by atoms with E-state index >= 15 is 0 Å². The van der Waals surface area contributed by atoms with E-state index < -0.39 is 0 Å². The molecule has 0 radical (unpaired) electrons. The van der Waals surface area contributed by atoms with Crippen molar-refractivity contribution in [2.75, 3.05) is 12.9 Å². The van der Waals surface area contributed by atoms with E-state index in [1.165, 1.54) is 24.4 Å². The second-order valence-corrected chi connectivity index (χ2v) is 9.76. The van der Waals surface area contributed by atoms with Crippen LogP contribution in [-0.2, 0) is 22.4 Å². The van der Waals surface area contributed by atoms with E-state index in [0.717, 1.165) is 35.4 Å². The zero-order valence-corrected chi connectivity index (χ0v) is 17.8. The Bertz CT molecular complexity index is 877. The molecule has 0 amide bonds. The summed E-state index contributed by atoms with van der Waals surface area (Å²) in [5, 5.41) is 12.6. The third kappa shape index (κ3) is 4.20. The predicted octanol–water partition coefficient (Wildman–Crippen LogP) is 5.10. The minimum absolute atomic E-state index is 0.156. The third-order valence-corrected chi connectivity index (χ3v) is 7.03. The lowest BCUT2D eigenvalue weighted by Gasteiger charge is -2.35. The van der Waals surface area contributed by atoms with Gasteiger partial charge in [-0.25, -0.2) is 4.98 Å². The van der Waals surface area contributed by atoms with E-state index in [2.05, 4.69) is 32.9 Å². The number of methoxy groups -OCH3 is 1. The van der Waals surface area contributed by atoms with Gasteiger partial charge < -0.3 is 4.74 Å². The maximum atomic E-state index is 11.6. The molecule has 2 heterocycles. The molecule has 1 unspecified atom stereocenters. The fourth-order valence-corrected chi connectivity index (χ4v) is 5.21. The first-order valence-electron chi connectivity index (χ1n) is 9.04. The second kappa shape index (κ2) is 8.04. The highest BCUT2D eigenvalue weighted by molar-refractivity contribution is 7.99. The fourth-order valence-electron chi connectivity index (χ4n) is 3.57. The Kier molecular flexibility index (Phi) is 5.92. The number of hydrogen-bond acceptors (Lipinski definition) is 6. The lowest BCUT2D eigenvalue weighted by molar-refractivity contribution is -0.137. The first-order chi connectivity index (χ1) is 12.8. The van der Waals surface area contributed by atoms with Gasteiger partial charge in [0.25, 0.3) is 0 Å². The molecular weight excluding hydrogens is 376 g/mol. The summed E-state index contributed by atoms with van der Waals surface area (Å²) in [5.41, 5.74) is 4.10. The van der Waals surface area contributed by atoms with Gasteiger partial charge in [0.05, 0.1) is 18.4 Å². The smallest absolute Gasteiger partial charge is 0.316 e. The zero-order chi connectivity index (χ0) is 19.6. The number of thioether (sulfide) groups is 1. The van der Waals surface area contributed by atoms with Crippen LogP contribution in [0.2, 0.25) is 0 Å². The largest absolute Gasteiger partial charge is 0.468 e. The summed E-state index contributed by atoms with van der Waals surface area (Å²) < 4.78 is 4.75. The van der Waals surface area contributed by atoms with Gasteiger partial charge >= 0.3 is 5.97 Å². The van der Waals surface area contributed by atoms with Crippen molar-refractivity contribution in [3.63, 3.8) is 0 Å². The van der Waals surface area contributed by atoms with Crippen molar-refractivity contribution in [3.8, 4) is 16.5 Å². The molecule has 0 N–H and O–H groups in total. The molecule has 0 fully saturated rings. The van der Waals surface area contributed by atoms with E-state index in [9.17, 15) is 10.1 Å². The lowest BCUT2D eigenvalue weighted by Crippen LogP contribution is -2.28. The van der Waals surface area contributed by atoms with E-state index in [1.807, 2.05) is 11.4 Å². The van der Waals surface area contributed by atoms with Crippen LogP contribution in [0.1, 0.15) is 44.0 Å². The molecule has 0 saturated carbocycles. The van der Waals surface area contributed by atoms with Crippen LogP contribution in [0.4, 0.5) is 0 Å². The van der Waals surface area contributed by atoms with Crippen LogP contribution in [0.5, 0.6) is 0 Å². The Hall–Kier alpha value is -1.84. The number of carbonyl (C=O) groups excluding carboxylic acids is 1. The summed E-state index contributed by atoms with van der Waals surface area (Å²) in [6.07, 6.45) is 2.96. The van der Waals surface area contributed by atoms with Crippen LogP contribution in [0, 0.1) is 22.7 Å². The summed E-state index contributed by atoms with van der Waals surface area (Å²) in [7, 11) is 1.37. The van der Waals surface area contributed by atoms with Crippen LogP contribution >= 0.6 is 23.1 Å². The van der Waals surface area contributed by atoms with Crippen LogP contribution < -0.4 is 0 Å². The lowest BCUT2D eigenvalue weighted by atomic mass is 9.71. The quantitative estimate of drug-likeness (QED) is 0.528. The van der Waals surface area contributed by atoms with E-state index in [-0.39, 0.29) is 17.1 Å². The number of esters is 1. The highest BCUT2D eigenvalue weighted by Gasteiger charge is 2.32. The van der Waals surface area contributed by atoms with Gasteiger partial charge in [0.1, 0.15) is 11.1 Å². The first-order valence-corrected chi connectivity index (χ1v) is 10.9. The minimum Gasteiger partial charge on any atom is -0.468 e. The summed E-state index contributed by atoms with van der Waals surface area (Å²) in [4.78, 5) is 17.6. The fraction of sp³-hybridized carbons (Fsp3) is 0.476.